The van der Waals surface area contributed by atoms with Crippen LogP contribution in [-0.2, 0) is 0 Å². The highest BCUT2D eigenvalue weighted by Crippen LogP contribution is 2.47. The summed E-state index contributed by atoms with van der Waals surface area (Å²) in [5.41, 5.74) is 7.17. The van der Waals surface area contributed by atoms with Gasteiger partial charge in [0, 0.05) is 48.0 Å². The maximum Gasteiger partial charge on any atom is 0.164 e. The highest BCUT2D eigenvalue weighted by atomic mass is 32.1. The molecule has 0 fully saturated rings. The van der Waals surface area contributed by atoms with Crippen LogP contribution >= 0.6 is 22.7 Å². The quantitative estimate of drug-likeness (QED) is 0.182. The Labute approximate surface area is 296 Å². The maximum absolute atomic E-state index is 5.39. The molecule has 0 spiro atoms. The summed E-state index contributed by atoms with van der Waals surface area (Å²) in [7, 11) is 0. The zero-order valence-electron chi connectivity index (χ0n) is 26.6. The molecule has 0 bridgehead atoms. The molecule has 0 saturated carbocycles. The Kier molecular flexibility index (Phi) is 6.82. The van der Waals surface area contributed by atoms with Crippen molar-refractivity contribution in [2.75, 3.05) is 0 Å². The number of rotatable bonds is 5. The second kappa shape index (κ2) is 11.8. The van der Waals surface area contributed by atoms with Gasteiger partial charge in [0.05, 0.1) is 10.2 Å². The van der Waals surface area contributed by atoms with Gasteiger partial charge in [0.2, 0.25) is 0 Å². The molecule has 4 nitrogen and oxygen atoms in total. The Balaban J connectivity index is 1.27. The molecule has 0 radical (unpaired) electrons. The summed E-state index contributed by atoms with van der Waals surface area (Å²) in [4.78, 5) is 20.5. The fourth-order valence-corrected chi connectivity index (χ4v) is 9.16. The molecule has 0 saturated heterocycles. The number of nitrogens with zero attached hydrogens (tertiary/aromatic N) is 4. The molecular weight excluding hydrogens is 649 g/mol. The molecule has 0 aliphatic carbocycles. The molecule has 0 atom stereocenters. The lowest BCUT2D eigenvalue weighted by Gasteiger charge is -2.13. The lowest BCUT2D eigenvalue weighted by atomic mass is 9.94. The second-order valence-electron chi connectivity index (χ2n) is 12.2. The van der Waals surface area contributed by atoms with E-state index >= 15 is 0 Å². The first-order chi connectivity index (χ1) is 24.8. The molecule has 50 heavy (non-hydrogen) atoms. The van der Waals surface area contributed by atoms with Crippen LogP contribution in [0.5, 0.6) is 0 Å². The monoisotopic (exact) mass is 674 g/mol. The largest absolute Gasteiger partial charge is 0.235 e. The Hall–Kier alpha value is -6.08. The van der Waals surface area contributed by atoms with Crippen LogP contribution in [0.1, 0.15) is 0 Å². The lowest BCUT2D eigenvalue weighted by Crippen LogP contribution is -2.00. The van der Waals surface area contributed by atoms with Crippen molar-refractivity contribution in [3.05, 3.63) is 158 Å². The summed E-state index contributed by atoms with van der Waals surface area (Å²) in [5.74, 6) is 1.92. The van der Waals surface area contributed by atoms with Crippen molar-refractivity contribution >= 4 is 63.8 Å². The Morgan fingerprint density at radius 1 is 0.380 bits per heavy atom. The third-order valence-electron chi connectivity index (χ3n) is 9.14. The summed E-state index contributed by atoms with van der Waals surface area (Å²) in [6.07, 6.45) is 0. The van der Waals surface area contributed by atoms with Gasteiger partial charge >= 0.3 is 0 Å². The van der Waals surface area contributed by atoms with Gasteiger partial charge in [-0.3, -0.25) is 0 Å². The van der Waals surface area contributed by atoms with Crippen molar-refractivity contribution in [1.29, 1.82) is 0 Å². The predicted molar refractivity (Wildman–Crippen MR) is 211 cm³/mol. The van der Waals surface area contributed by atoms with Gasteiger partial charge in [-0.05, 0) is 40.6 Å². The second-order valence-corrected chi connectivity index (χ2v) is 14.3. The van der Waals surface area contributed by atoms with Crippen molar-refractivity contribution in [1.82, 2.24) is 19.9 Å². The number of thiazole rings is 1. The van der Waals surface area contributed by atoms with Crippen LogP contribution in [0.4, 0.5) is 0 Å². The molecule has 0 N–H and O–H groups in total. The molecule has 234 valence electrons. The molecule has 6 heteroatoms. The van der Waals surface area contributed by atoms with E-state index in [0.29, 0.717) is 17.5 Å². The Morgan fingerprint density at radius 3 is 1.62 bits per heavy atom. The summed E-state index contributed by atoms with van der Waals surface area (Å²) in [6.45, 7) is 0. The molecule has 3 heterocycles. The van der Waals surface area contributed by atoms with Gasteiger partial charge in [-0.15, -0.1) is 22.7 Å². The van der Waals surface area contributed by atoms with Gasteiger partial charge in [-0.25, -0.2) is 19.9 Å². The highest BCUT2D eigenvalue weighted by Gasteiger charge is 2.21. The first kappa shape index (κ1) is 28.9. The van der Waals surface area contributed by atoms with Crippen molar-refractivity contribution < 1.29 is 0 Å². The van der Waals surface area contributed by atoms with Crippen LogP contribution in [0.2, 0.25) is 0 Å². The number of hydrogen-bond donors (Lipinski definition) is 0. The molecule has 0 unspecified atom stereocenters. The number of thiophene rings is 1. The van der Waals surface area contributed by atoms with Gasteiger partial charge in [0.25, 0.3) is 0 Å². The normalized spacial score (nSPS) is 11.6. The number of benzene rings is 7. The van der Waals surface area contributed by atoms with Gasteiger partial charge in [-0.2, -0.15) is 0 Å². The Morgan fingerprint density at radius 2 is 0.940 bits per heavy atom. The summed E-state index contributed by atoms with van der Waals surface area (Å²) in [6, 6.07) is 54.8. The van der Waals surface area contributed by atoms with Crippen LogP contribution in [0.3, 0.4) is 0 Å². The lowest BCUT2D eigenvalue weighted by molar-refractivity contribution is 1.07. The topological polar surface area (TPSA) is 51.6 Å². The van der Waals surface area contributed by atoms with Crippen LogP contribution in [0.25, 0.3) is 97.0 Å². The van der Waals surface area contributed by atoms with Crippen molar-refractivity contribution in [3.8, 4) is 55.9 Å². The van der Waals surface area contributed by atoms with Crippen LogP contribution < -0.4 is 0 Å². The van der Waals surface area contributed by atoms with E-state index in [-0.39, 0.29) is 0 Å². The highest BCUT2D eigenvalue weighted by molar-refractivity contribution is 7.28. The Bertz CT molecular complexity index is 2800. The molecule has 7 aromatic carbocycles. The van der Waals surface area contributed by atoms with E-state index in [2.05, 4.69) is 97.1 Å². The molecule has 10 aromatic rings. The van der Waals surface area contributed by atoms with E-state index in [1.165, 1.54) is 24.9 Å². The maximum atomic E-state index is 5.39. The average Bonchev–Trinajstić information content (AvgIpc) is 3.80. The third-order valence-corrected chi connectivity index (χ3v) is 11.4. The van der Waals surface area contributed by atoms with E-state index < -0.39 is 0 Å². The average molecular weight is 675 g/mol. The molecule has 0 aliphatic heterocycles. The van der Waals surface area contributed by atoms with E-state index in [1.54, 1.807) is 11.3 Å². The third kappa shape index (κ3) is 4.88. The summed E-state index contributed by atoms with van der Waals surface area (Å²) < 4.78 is 3.74. The van der Waals surface area contributed by atoms with Gasteiger partial charge < -0.3 is 0 Å². The minimum absolute atomic E-state index is 0.632. The van der Waals surface area contributed by atoms with Gasteiger partial charge in [-0.1, -0.05) is 133 Å². The van der Waals surface area contributed by atoms with Gasteiger partial charge in [0.1, 0.15) is 5.01 Å². The zero-order chi connectivity index (χ0) is 33.0. The van der Waals surface area contributed by atoms with Crippen molar-refractivity contribution in [2.45, 2.75) is 0 Å². The molecule has 10 rings (SSSR count). The summed E-state index contributed by atoms with van der Waals surface area (Å²) in [5, 5.41) is 5.85. The van der Waals surface area contributed by atoms with E-state index in [9.17, 15) is 0 Å². The minimum atomic E-state index is 0.632. The standard InChI is InChI=1S/C44H26N4S2/c1-4-14-27(15-5-1)41-46-42(28-16-6-2-7-17-28)48-43(47-41)31-24-30-20-10-11-21-32(30)34(25-31)35-26-37-38(33-22-12-13-23-36(33)49-37)40-39(35)45-44(50-40)29-18-8-3-9-19-29/h1-26H. The zero-order valence-corrected chi connectivity index (χ0v) is 28.2. The first-order valence-electron chi connectivity index (χ1n) is 16.5. The molecule has 3 aromatic heterocycles. The van der Waals surface area contributed by atoms with Crippen molar-refractivity contribution in [3.63, 3.8) is 0 Å². The van der Waals surface area contributed by atoms with Gasteiger partial charge in [0.15, 0.2) is 17.5 Å². The summed E-state index contributed by atoms with van der Waals surface area (Å²) >= 11 is 3.62. The fourth-order valence-electron chi connectivity index (χ4n) is 6.78. The minimum Gasteiger partial charge on any atom is -0.235 e. The smallest absolute Gasteiger partial charge is 0.164 e. The first-order valence-corrected chi connectivity index (χ1v) is 18.1. The molecule has 0 amide bonds. The van der Waals surface area contributed by atoms with Crippen LogP contribution in [0.15, 0.2) is 158 Å². The predicted octanol–water partition coefficient (Wildman–Crippen LogP) is 12.3. The van der Waals surface area contributed by atoms with E-state index in [0.717, 1.165) is 54.7 Å². The fraction of sp³-hybridized carbons (Fsp3) is 0. The van der Waals surface area contributed by atoms with Crippen LogP contribution in [0, 0.1) is 0 Å². The van der Waals surface area contributed by atoms with E-state index in [4.69, 9.17) is 19.9 Å². The number of aromatic nitrogens is 4. The number of hydrogen-bond acceptors (Lipinski definition) is 6. The molecule has 0 aliphatic rings. The van der Waals surface area contributed by atoms with E-state index in [1.807, 2.05) is 72.0 Å². The molecular formula is C44H26N4S2. The van der Waals surface area contributed by atoms with Crippen LogP contribution in [-0.4, -0.2) is 19.9 Å². The SMILES string of the molecule is c1ccc(-c2nc(-c3ccccc3)nc(-c3cc(-c4cc5sc6ccccc6c5c5sc(-c6ccccc6)nc45)c4ccccc4c3)n2)cc1. The number of fused-ring (bicyclic) bond motifs is 6. The van der Waals surface area contributed by atoms with Crippen molar-refractivity contribution in [2.24, 2.45) is 0 Å².